The van der Waals surface area contributed by atoms with Gasteiger partial charge in [-0.2, -0.15) is 0 Å². The maximum Gasteiger partial charge on any atom is 0.313 e. The molecule has 1 saturated carbocycles. The molecule has 0 spiro atoms. The van der Waals surface area contributed by atoms with Crippen LogP contribution in [0, 0.1) is 17.7 Å². The Morgan fingerprint density at radius 1 is 1.15 bits per heavy atom. The highest BCUT2D eigenvalue weighted by molar-refractivity contribution is 6.39. The summed E-state index contributed by atoms with van der Waals surface area (Å²) in [5.74, 6) is -0.759. The van der Waals surface area contributed by atoms with Crippen molar-refractivity contribution in [3.63, 3.8) is 0 Å². The number of fused-ring (bicyclic) bond motifs is 1. The topological polar surface area (TPSA) is 49.4 Å². The first-order valence-electron chi connectivity index (χ1n) is 7.00. The standard InChI is InChI=1S/C15H17FN2O2/c16-12-6-1-2-7-13(12)17-14(19)15(20)18-8-10-4-3-5-11(10)9-18/h1-2,6-7,10-11H,3-5,8-9H2,(H,17,19). The van der Waals surface area contributed by atoms with Gasteiger partial charge in [-0.25, -0.2) is 4.39 Å². The molecule has 106 valence electrons. The van der Waals surface area contributed by atoms with Crippen LogP contribution in [0.2, 0.25) is 0 Å². The first-order valence-corrected chi connectivity index (χ1v) is 7.00. The first kappa shape index (κ1) is 13.1. The van der Waals surface area contributed by atoms with E-state index in [0.717, 1.165) is 12.8 Å². The minimum absolute atomic E-state index is 0.0465. The molecule has 0 bridgehead atoms. The summed E-state index contributed by atoms with van der Waals surface area (Å²) in [6.07, 6.45) is 3.51. The summed E-state index contributed by atoms with van der Waals surface area (Å²) in [6.45, 7) is 1.32. The zero-order valence-corrected chi connectivity index (χ0v) is 11.1. The lowest BCUT2D eigenvalue weighted by Gasteiger charge is -2.16. The molecule has 1 heterocycles. The third-order valence-corrected chi connectivity index (χ3v) is 4.33. The number of nitrogens with zero attached hydrogens (tertiary/aromatic N) is 1. The Labute approximate surface area is 117 Å². The van der Waals surface area contributed by atoms with Crippen molar-refractivity contribution in [1.82, 2.24) is 4.90 Å². The van der Waals surface area contributed by atoms with Crippen molar-refractivity contribution < 1.29 is 14.0 Å². The molecule has 5 heteroatoms. The lowest BCUT2D eigenvalue weighted by Crippen LogP contribution is -2.38. The van der Waals surface area contributed by atoms with Gasteiger partial charge in [-0.05, 0) is 36.8 Å². The number of nitrogens with one attached hydrogen (secondary N) is 1. The van der Waals surface area contributed by atoms with Crippen molar-refractivity contribution in [3.8, 4) is 0 Å². The molecule has 2 atom stereocenters. The minimum Gasteiger partial charge on any atom is -0.334 e. The highest BCUT2D eigenvalue weighted by atomic mass is 19.1. The van der Waals surface area contributed by atoms with Gasteiger partial charge in [0.15, 0.2) is 0 Å². The van der Waals surface area contributed by atoms with Crippen molar-refractivity contribution in [2.24, 2.45) is 11.8 Å². The maximum atomic E-state index is 13.4. The lowest BCUT2D eigenvalue weighted by molar-refractivity contribution is -0.142. The molecule has 20 heavy (non-hydrogen) atoms. The molecule has 1 saturated heterocycles. The largest absolute Gasteiger partial charge is 0.334 e. The molecule has 1 N–H and O–H groups in total. The van der Waals surface area contributed by atoms with Crippen LogP contribution in [0.5, 0.6) is 0 Å². The zero-order valence-electron chi connectivity index (χ0n) is 11.1. The molecule has 2 amide bonds. The highest BCUT2D eigenvalue weighted by Crippen LogP contribution is 2.37. The summed E-state index contributed by atoms with van der Waals surface area (Å²) in [6, 6.07) is 5.84. The Bertz CT molecular complexity index is 534. The van der Waals surface area contributed by atoms with Gasteiger partial charge in [0.2, 0.25) is 0 Å². The molecule has 3 rings (SSSR count). The molecule has 0 radical (unpaired) electrons. The van der Waals surface area contributed by atoms with Crippen molar-refractivity contribution in [1.29, 1.82) is 0 Å². The van der Waals surface area contributed by atoms with Crippen molar-refractivity contribution in [2.45, 2.75) is 19.3 Å². The summed E-state index contributed by atoms with van der Waals surface area (Å²) in [7, 11) is 0. The third kappa shape index (κ3) is 2.40. The average Bonchev–Trinajstić information content (AvgIpc) is 3.01. The van der Waals surface area contributed by atoms with Crippen LogP contribution in [0.1, 0.15) is 19.3 Å². The first-order chi connectivity index (χ1) is 9.65. The maximum absolute atomic E-state index is 13.4. The number of rotatable bonds is 1. The van der Waals surface area contributed by atoms with Gasteiger partial charge < -0.3 is 10.2 Å². The fraction of sp³-hybridized carbons (Fsp3) is 0.467. The predicted octanol–water partition coefficient (Wildman–Crippen LogP) is 2.02. The number of carbonyl (C=O) groups is 2. The van der Waals surface area contributed by atoms with E-state index in [1.807, 2.05) is 0 Å². The monoisotopic (exact) mass is 276 g/mol. The second-order valence-electron chi connectivity index (χ2n) is 5.60. The van der Waals surface area contributed by atoms with Gasteiger partial charge in [0.05, 0.1) is 5.69 Å². The van der Waals surface area contributed by atoms with Crippen molar-refractivity contribution in [2.75, 3.05) is 18.4 Å². The fourth-order valence-electron chi connectivity index (χ4n) is 3.28. The number of para-hydroxylation sites is 1. The van der Waals surface area contributed by atoms with Gasteiger partial charge in [0.25, 0.3) is 0 Å². The molecule has 2 unspecified atom stereocenters. The van der Waals surface area contributed by atoms with E-state index in [1.54, 1.807) is 11.0 Å². The number of hydrogen-bond donors (Lipinski definition) is 1. The third-order valence-electron chi connectivity index (χ3n) is 4.33. The average molecular weight is 276 g/mol. The second-order valence-corrected chi connectivity index (χ2v) is 5.60. The zero-order chi connectivity index (χ0) is 14.1. The number of likely N-dealkylation sites (tertiary alicyclic amines) is 1. The molecular formula is C15H17FN2O2. The van der Waals surface area contributed by atoms with Gasteiger partial charge in [0.1, 0.15) is 5.82 Å². The Morgan fingerprint density at radius 3 is 2.45 bits per heavy atom. The molecule has 1 aliphatic carbocycles. The normalized spacial score (nSPS) is 24.6. The molecule has 4 nitrogen and oxygen atoms in total. The van der Waals surface area contributed by atoms with Crippen LogP contribution in [0.15, 0.2) is 24.3 Å². The summed E-state index contributed by atoms with van der Waals surface area (Å²) in [5, 5.41) is 2.35. The van der Waals surface area contributed by atoms with Crippen LogP contribution in [0.3, 0.4) is 0 Å². The van der Waals surface area contributed by atoms with E-state index in [0.29, 0.717) is 24.9 Å². The van der Waals surface area contributed by atoms with E-state index >= 15 is 0 Å². The molecular weight excluding hydrogens is 259 g/mol. The molecule has 2 aliphatic rings. The molecule has 1 aromatic carbocycles. The van der Waals surface area contributed by atoms with Gasteiger partial charge in [-0.1, -0.05) is 18.6 Å². The van der Waals surface area contributed by atoms with Crippen LogP contribution in [0.25, 0.3) is 0 Å². The summed E-state index contributed by atoms with van der Waals surface area (Å²) in [4.78, 5) is 25.6. The number of amides is 2. The minimum atomic E-state index is -0.755. The summed E-state index contributed by atoms with van der Waals surface area (Å²) >= 11 is 0. The number of anilines is 1. The van der Waals surface area contributed by atoms with Crippen LogP contribution in [0.4, 0.5) is 10.1 Å². The van der Waals surface area contributed by atoms with Crippen LogP contribution in [-0.4, -0.2) is 29.8 Å². The fourth-order valence-corrected chi connectivity index (χ4v) is 3.28. The van der Waals surface area contributed by atoms with Gasteiger partial charge in [-0.3, -0.25) is 9.59 Å². The van der Waals surface area contributed by atoms with Gasteiger partial charge in [0, 0.05) is 13.1 Å². The Balaban J connectivity index is 1.63. The summed E-state index contributed by atoms with van der Waals surface area (Å²) < 4.78 is 13.4. The highest BCUT2D eigenvalue weighted by Gasteiger charge is 2.39. The van der Waals surface area contributed by atoms with Crippen molar-refractivity contribution in [3.05, 3.63) is 30.1 Å². The Morgan fingerprint density at radius 2 is 1.80 bits per heavy atom. The number of carbonyl (C=O) groups excluding carboxylic acids is 2. The van der Waals surface area contributed by atoms with E-state index in [9.17, 15) is 14.0 Å². The van der Waals surface area contributed by atoms with Crippen LogP contribution in [-0.2, 0) is 9.59 Å². The molecule has 2 fully saturated rings. The second kappa shape index (κ2) is 5.23. The lowest BCUT2D eigenvalue weighted by atomic mass is 10.0. The predicted molar refractivity (Wildman–Crippen MR) is 72.4 cm³/mol. The van der Waals surface area contributed by atoms with Crippen LogP contribution < -0.4 is 5.32 Å². The Hall–Kier alpha value is -1.91. The van der Waals surface area contributed by atoms with Gasteiger partial charge >= 0.3 is 11.8 Å². The molecule has 0 aromatic heterocycles. The van der Waals surface area contributed by atoms with Crippen molar-refractivity contribution >= 4 is 17.5 Å². The smallest absolute Gasteiger partial charge is 0.313 e. The van der Waals surface area contributed by atoms with E-state index in [2.05, 4.69) is 5.32 Å². The molecule has 1 aromatic rings. The van der Waals surface area contributed by atoms with Crippen LogP contribution >= 0.6 is 0 Å². The number of halogens is 1. The number of hydrogen-bond acceptors (Lipinski definition) is 2. The molecule has 1 aliphatic heterocycles. The van der Waals surface area contributed by atoms with E-state index in [4.69, 9.17) is 0 Å². The van der Waals surface area contributed by atoms with E-state index in [1.165, 1.54) is 24.6 Å². The quantitative estimate of drug-likeness (QED) is 0.798. The number of benzene rings is 1. The van der Waals surface area contributed by atoms with E-state index in [-0.39, 0.29) is 5.69 Å². The van der Waals surface area contributed by atoms with E-state index < -0.39 is 17.6 Å². The van der Waals surface area contributed by atoms with Gasteiger partial charge in [-0.15, -0.1) is 0 Å². The Kier molecular flexibility index (Phi) is 3.42. The SMILES string of the molecule is O=C(Nc1ccccc1F)C(=O)N1CC2CCCC2C1. The summed E-state index contributed by atoms with van der Waals surface area (Å²) in [5.41, 5.74) is 0.0465.